The minimum absolute atomic E-state index is 0.0634. The lowest BCUT2D eigenvalue weighted by molar-refractivity contribution is -0.114. The first kappa shape index (κ1) is 26.9. The van der Waals surface area contributed by atoms with Gasteiger partial charge in [-0.3, -0.25) is 13.9 Å². The highest BCUT2D eigenvalue weighted by atomic mass is 31.3. The lowest BCUT2D eigenvalue weighted by Gasteiger charge is -2.19. The predicted molar refractivity (Wildman–Crippen MR) is 105 cm³/mol. The normalized spacial score (nSPS) is 26.8. The number of nitrogens with zero attached hydrogens (tertiary/aromatic N) is 4. The van der Waals surface area contributed by atoms with Gasteiger partial charge in [-0.05, 0) is 0 Å². The summed E-state index contributed by atoms with van der Waals surface area (Å²) >= 11 is 0. The number of phosphoric acid groups is 3. The summed E-state index contributed by atoms with van der Waals surface area (Å²) in [6.07, 6.45) is -3.96. The maximum absolute atomic E-state index is 11.9. The first-order chi connectivity index (χ1) is 15.6. The van der Waals surface area contributed by atoms with Crippen LogP contribution < -0.4 is 5.32 Å². The number of carbonyl (C=O) groups excluding carboxylic acids is 1. The quantitative estimate of drug-likeness (QED) is 0.180. The number of carbonyl (C=O) groups is 1. The molecule has 0 spiro atoms. The van der Waals surface area contributed by atoms with Gasteiger partial charge in [0.25, 0.3) is 0 Å². The smallest absolute Gasteiger partial charge is 0.387 e. The summed E-state index contributed by atoms with van der Waals surface area (Å²) in [6.45, 7) is 0.254. The molecule has 2 aromatic rings. The van der Waals surface area contributed by atoms with Crippen LogP contribution in [-0.2, 0) is 36.4 Å². The van der Waals surface area contributed by atoms with Crippen LogP contribution in [-0.4, -0.2) is 80.1 Å². The second-order valence-electron chi connectivity index (χ2n) is 6.66. The number of anilines is 1. The summed E-state index contributed by atoms with van der Waals surface area (Å²) in [5, 5.41) is 23.0. The van der Waals surface area contributed by atoms with Gasteiger partial charge in [0, 0.05) is 6.92 Å². The minimum atomic E-state index is -5.73. The van der Waals surface area contributed by atoms with Gasteiger partial charge in [0.05, 0.1) is 12.9 Å². The van der Waals surface area contributed by atoms with Gasteiger partial charge in [0.2, 0.25) is 5.91 Å². The third-order valence-corrected chi connectivity index (χ3v) is 7.89. The molecule has 1 aliphatic rings. The molecule has 1 saturated heterocycles. The SMILES string of the molecule is CC(=O)Nc1ncnc2c1ncn2[C@@H]1O[C@H](COP(=O)(O)OP(=O)(O)OP(=O)(O)O)[C@@H](O)[C@H]1O. The van der Waals surface area contributed by atoms with E-state index in [0.29, 0.717) is 0 Å². The second kappa shape index (κ2) is 9.75. The lowest BCUT2D eigenvalue weighted by atomic mass is 10.1. The minimum Gasteiger partial charge on any atom is -0.387 e. The number of imidazole rings is 1. The fourth-order valence-corrected chi connectivity index (χ4v) is 5.89. The number of ether oxygens (including phenoxy) is 1. The Morgan fingerprint density at radius 3 is 2.38 bits per heavy atom. The average Bonchev–Trinajstić information content (AvgIpc) is 3.19. The summed E-state index contributed by atoms with van der Waals surface area (Å²) in [6, 6.07) is 0. The largest absolute Gasteiger partial charge is 0.490 e. The van der Waals surface area contributed by atoms with Gasteiger partial charge in [0.1, 0.15) is 24.6 Å². The maximum atomic E-state index is 11.9. The Balaban J connectivity index is 1.72. The average molecular weight is 549 g/mol. The molecule has 3 rings (SSSR count). The highest BCUT2D eigenvalue weighted by Crippen LogP contribution is 2.66. The van der Waals surface area contributed by atoms with Crippen molar-refractivity contribution in [2.45, 2.75) is 31.5 Å². The van der Waals surface area contributed by atoms with Gasteiger partial charge in [-0.2, -0.15) is 8.62 Å². The van der Waals surface area contributed by atoms with Crippen molar-refractivity contribution in [3.05, 3.63) is 12.7 Å². The van der Waals surface area contributed by atoms with Crippen LogP contribution in [0.2, 0.25) is 0 Å². The number of hydrogen-bond acceptors (Lipinski definition) is 13. The highest BCUT2D eigenvalue weighted by Gasteiger charge is 2.47. The monoisotopic (exact) mass is 549 g/mol. The molecule has 0 bridgehead atoms. The van der Waals surface area contributed by atoms with Gasteiger partial charge >= 0.3 is 23.5 Å². The van der Waals surface area contributed by atoms with Gasteiger partial charge in [0.15, 0.2) is 23.2 Å². The Labute approximate surface area is 188 Å². The van der Waals surface area contributed by atoms with Crippen molar-refractivity contribution >= 4 is 46.4 Å². The number of fused-ring (bicyclic) bond motifs is 1. The summed E-state index contributed by atoms with van der Waals surface area (Å²) in [7, 11) is -16.8. The molecule has 2 unspecified atom stereocenters. The van der Waals surface area contributed by atoms with E-state index in [0.717, 1.165) is 12.7 Å². The number of aliphatic hydroxyl groups excluding tert-OH is 2. The number of nitrogens with one attached hydrogen (secondary N) is 1. The van der Waals surface area contributed by atoms with Crippen LogP contribution in [0.5, 0.6) is 0 Å². The Bertz CT molecular complexity index is 1220. The molecule has 34 heavy (non-hydrogen) atoms. The molecule has 22 heteroatoms. The standard InChI is InChI=1S/C12H18N5O14P3/c1-5(18)16-10-7-11(14-3-13-10)17(4-15-7)12-9(20)8(19)6(29-12)2-28-33(24,25)31-34(26,27)30-32(21,22)23/h3-4,6,8-9,12,19-20H,2H2,1H3,(H,24,25)(H,26,27)(H2,21,22,23)(H,13,14,16,18)/t6-,8-,9-,12-/m1/s1. The van der Waals surface area contributed by atoms with Crippen molar-refractivity contribution in [1.29, 1.82) is 0 Å². The van der Waals surface area contributed by atoms with Crippen molar-refractivity contribution in [2.75, 3.05) is 11.9 Å². The number of hydrogen-bond donors (Lipinski definition) is 7. The summed E-state index contributed by atoms with van der Waals surface area (Å²) in [5.74, 6) is -0.373. The van der Waals surface area contributed by atoms with Crippen LogP contribution in [0.4, 0.5) is 5.82 Å². The van der Waals surface area contributed by atoms with E-state index in [9.17, 15) is 33.6 Å². The first-order valence-electron chi connectivity index (χ1n) is 8.83. The van der Waals surface area contributed by atoms with Crippen LogP contribution in [0.3, 0.4) is 0 Å². The van der Waals surface area contributed by atoms with E-state index in [2.05, 4.69) is 33.4 Å². The molecule has 7 N–H and O–H groups in total. The van der Waals surface area contributed by atoms with E-state index < -0.39 is 60.5 Å². The second-order valence-corrected chi connectivity index (χ2v) is 11.1. The summed E-state index contributed by atoms with van der Waals surface area (Å²) in [4.78, 5) is 58.9. The molecule has 190 valence electrons. The third kappa shape index (κ3) is 6.50. The number of aliphatic hydroxyl groups is 2. The lowest BCUT2D eigenvalue weighted by Crippen LogP contribution is -2.33. The van der Waals surface area contributed by atoms with Crippen LogP contribution in [0, 0.1) is 0 Å². The van der Waals surface area contributed by atoms with Crippen LogP contribution in [0.15, 0.2) is 12.7 Å². The van der Waals surface area contributed by atoms with E-state index in [4.69, 9.17) is 19.4 Å². The zero-order valence-electron chi connectivity index (χ0n) is 16.8. The molecule has 1 aliphatic heterocycles. The van der Waals surface area contributed by atoms with Crippen molar-refractivity contribution < 1.29 is 66.2 Å². The zero-order chi connectivity index (χ0) is 25.5. The summed E-state index contributed by atoms with van der Waals surface area (Å²) in [5.41, 5.74) is 0.211. The molecule has 2 aromatic heterocycles. The Morgan fingerprint density at radius 1 is 1.09 bits per heavy atom. The molecule has 0 radical (unpaired) electrons. The van der Waals surface area contributed by atoms with E-state index in [1.807, 2.05) is 0 Å². The maximum Gasteiger partial charge on any atom is 0.490 e. The summed E-state index contributed by atoms with van der Waals surface area (Å²) < 4.78 is 52.1. The third-order valence-electron chi connectivity index (χ3n) is 4.08. The van der Waals surface area contributed by atoms with Crippen molar-refractivity contribution in [1.82, 2.24) is 19.5 Å². The van der Waals surface area contributed by atoms with Crippen LogP contribution in [0.1, 0.15) is 13.2 Å². The van der Waals surface area contributed by atoms with Crippen molar-refractivity contribution in [3.8, 4) is 0 Å². The van der Waals surface area contributed by atoms with Crippen molar-refractivity contribution in [3.63, 3.8) is 0 Å². The molecular formula is C12H18N5O14P3. The molecule has 0 aliphatic carbocycles. The van der Waals surface area contributed by atoms with Gasteiger partial charge in [-0.15, -0.1) is 0 Å². The van der Waals surface area contributed by atoms with E-state index in [1.54, 1.807) is 0 Å². The van der Waals surface area contributed by atoms with Gasteiger partial charge in [-0.25, -0.2) is 28.6 Å². The fraction of sp³-hybridized carbons (Fsp3) is 0.500. The van der Waals surface area contributed by atoms with E-state index in [1.165, 1.54) is 11.5 Å². The highest BCUT2D eigenvalue weighted by molar-refractivity contribution is 7.66. The molecule has 0 aromatic carbocycles. The molecule has 0 saturated carbocycles. The molecule has 1 fully saturated rings. The van der Waals surface area contributed by atoms with E-state index in [-0.39, 0.29) is 17.0 Å². The van der Waals surface area contributed by atoms with Crippen molar-refractivity contribution in [2.24, 2.45) is 0 Å². The van der Waals surface area contributed by atoms with Gasteiger partial charge in [-0.1, -0.05) is 0 Å². The number of rotatable bonds is 9. The molecule has 19 nitrogen and oxygen atoms in total. The molecular weight excluding hydrogens is 531 g/mol. The Morgan fingerprint density at radius 2 is 1.76 bits per heavy atom. The predicted octanol–water partition coefficient (Wildman–Crippen LogP) is -1.25. The van der Waals surface area contributed by atoms with E-state index >= 15 is 0 Å². The zero-order valence-corrected chi connectivity index (χ0v) is 19.4. The van der Waals surface area contributed by atoms with Crippen LogP contribution >= 0.6 is 23.5 Å². The molecule has 6 atom stereocenters. The first-order valence-corrected chi connectivity index (χ1v) is 13.4. The van der Waals surface area contributed by atoms with Crippen LogP contribution in [0.25, 0.3) is 11.2 Å². The van der Waals surface area contributed by atoms with Gasteiger partial charge < -0.3 is 39.8 Å². The Kier molecular flexibility index (Phi) is 7.72. The topological polar surface area (TPSA) is 282 Å². The number of amides is 1. The molecule has 3 heterocycles. The fourth-order valence-electron chi connectivity index (χ4n) is 2.86. The molecule has 1 amide bonds. The Hall–Kier alpha value is -1.69. The number of aromatic nitrogens is 4. The number of phosphoric ester groups is 1.